The Bertz CT molecular complexity index is 589. The van der Waals surface area contributed by atoms with Gasteiger partial charge < -0.3 is 10.1 Å². The highest BCUT2D eigenvalue weighted by Gasteiger charge is 2.29. The van der Waals surface area contributed by atoms with Gasteiger partial charge in [-0.15, -0.1) is 11.3 Å². The van der Waals surface area contributed by atoms with Gasteiger partial charge in [0, 0.05) is 12.1 Å². The van der Waals surface area contributed by atoms with Crippen molar-refractivity contribution in [2.75, 3.05) is 14.2 Å². The molecule has 6 nitrogen and oxygen atoms in total. The lowest BCUT2D eigenvalue weighted by atomic mass is 9.92. The van der Waals surface area contributed by atoms with Gasteiger partial charge in [0.1, 0.15) is 9.77 Å². The van der Waals surface area contributed by atoms with E-state index in [0.29, 0.717) is 6.04 Å². The smallest absolute Gasteiger partial charge is 0.349 e. The summed E-state index contributed by atoms with van der Waals surface area (Å²) in [5.41, 5.74) is 0. The largest absolute Gasteiger partial charge is 0.465 e. The van der Waals surface area contributed by atoms with Gasteiger partial charge in [-0.25, -0.2) is 17.9 Å². The number of esters is 1. The molecule has 21 heavy (non-hydrogen) atoms. The van der Waals surface area contributed by atoms with E-state index in [9.17, 15) is 13.2 Å². The Morgan fingerprint density at radius 1 is 1.29 bits per heavy atom. The van der Waals surface area contributed by atoms with Gasteiger partial charge in [0.2, 0.25) is 10.0 Å². The first-order valence-electron chi connectivity index (χ1n) is 6.83. The van der Waals surface area contributed by atoms with Gasteiger partial charge in [0.05, 0.1) is 7.11 Å². The molecule has 1 fully saturated rings. The van der Waals surface area contributed by atoms with E-state index in [2.05, 4.69) is 14.8 Å². The van der Waals surface area contributed by atoms with Crippen molar-refractivity contribution in [2.45, 2.75) is 42.7 Å². The number of rotatable bonds is 5. The van der Waals surface area contributed by atoms with Gasteiger partial charge >= 0.3 is 5.97 Å². The molecule has 2 rings (SSSR count). The molecule has 0 amide bonds. The molecule has 0 atom stereocenters. The maximum Gasteiger partial charge on any atom is 0.349 e. The highest BCUT2D eigenvalue weighted by atomic mass is 32.2. The SMILES string of the molecule is CNC1CCC(NS(=O)(=O)c2ccsc2C(=O)OC)CC1. The van der Waals surface area contributed by atoms with Crippen LogP contribution in [-0.2, 0) is 14.8 Å². The van der Waals surface area contributed by atoms with E-state index >= 15 is 0 Å². The topological polar surface area (TPSA) is 84.5 Å². The van der Waals surface area contributed by atoms with Gasteiger partial charge in [-0.05, 0) is 44.2 Å². The predicted octanol–water partition coefficient (Wildman–Crippen LogP) is 1.34. The predicted molar refractivity (Wildman–Crippen MR) is 81.1 cm³/mol. The van der Waals surface area contributed by atoms with Crippen LogP contribution in [0.25, 0.3) is 0 Å². The van der Waals surface area contributed by atoms with Crippen molar-refractivity contribution in [2.24, 2.45) is 0 Å². The third-order valence-corrected chi connectivity index (χ3v) is 6.33. The fourth-order valence-corrected chi connectivity index (χ4v) is 5.17. The highest BCUT2D eigenvalue weighted by Crippen LogP contribution is 2.25. The summed E-state index contributed by atoms with van der Waals surface area (Å²) in [4.78, 5) is 11.7. The first kappa shape index (κ1) is 16.4. The van der Waals surface area contributed by atoms with Gasteiger partial charge in [0.25, 0.3) is 0 Å². The monoisotopic (exact) mass is 332 g/mol. The molecular formula is C13H20N2O4S2. The van der Waals surface area contributed by atoms with Crippen LogP contribution in [0.2, 0.25) is 0 Å². The molecule has 1 aliphatic carbocycles. The lowest BCUT2D eigenvalue weighted by Gasteiger charge is -2.28. The van der Waals surface area contributed by atoms with Gasteiger partial charge in [-0.1, -0.05) is 0 Å². The number of nitrogens with one attached hydrogen (secondary N) is 2. The van der Waals surface area contributed by atoms with E-state index in [1.165, 1.54) is 13.2 Å². The van der Waals surface area contributed by atoms with E-state index in [0.717, 1.165) is 37.0 Å². The van der Waals surface area contributed by atoms with Crippen LogP contribution in [0.15, 0.2) is 16.3 Å². The molecule has 0 saturated heterocycles. The van der Waals surface area contributed by atoms with E-state index in [1.54, 1.807) is 5.38 Å². The summed E-state index contributed by atoms with van der Waals surface area (Å²) in [5.74, 6) is -0.621. The summed E-state index contributed by atoms with van der Waals surface area (Å²) in [7, 11) is -0.527. The molecule has 8 heteroatoms. The maximum atomic E-state index is 12.4. The van der Waals surface area contributed by atoms with Crippen LogP contribution in [0, 0.1) is 0 Å². The molecule has 1 aliphatic rings. The molecule has 2 N–H and O–H groups in total. The summed E-state index contributed by atoms with van der Waals surface area (Å²) in [5, 5.41) is 4.79. The number of thiophene rings is 1. The Morgan fingerprint density at radius 2 is 1.90 bits per heavy atom. The van der Waals surface area contributed by atoms with Crippen molar-refractivity contribution in [1.29, 1.82) is 0 Å². The first-order chi connectivity index (χ1) is 9.97. The fraction of sp³-hybridized carbons (Fsp3) is 0.615. The molecule has 1 aromatic heterocycles. The van der Waals surface area contributed by atoms with Gasteiger partial charge in [-0.3, -0.25) is 0 Å². The lowest BCUT2D eigenvalue weighted by Crippen LogP contribution is -2.41. The van der Waals surface area contributed by atoms with E-state index < -0.39 is 16.0 Å². The molecule has 0 aliphatic heterocycles. The van der Waals surface area contributed by atoms with Crippen LogP contribution in [0.3, 0.4) is 0 Å². The highest BCUT2D eigenvalue weighted by molar-refractivity contribution is 7.89. The second-order valence-electron chi connectivity index (χ2n) is 5.06. The number of methoxy groups -OCH3 is 1. The average molecular weight is 332 g/mol. The van der Waals surface area contributed by atoms with Crippen molar-refractivity contribution in [3.05, 3.63) is 16.3 Å². The minimum absolute atomic E-state index is 0.00934. The lowest BCUT2D eigenvalue weighted by molar-refractivity contribution is 0.0602. The second-order valence-corrected chi connectivity index (χ2v) is 7.66. The third-order valence-electron chi connectivity index (χ3n) is 3.75. The van der Waals surface area contributed by atoms with E-state index in [4.69, 9.17) is 0 Å². The maximum absolute atomic E-state index is 12.4. The minimum atomic E-state index is -3.69. The zero-order valence-electron chi connectivity index (χ0n) is 12.1. The molecule has 0 unspecified atom stereocenters. The number of carbonyl (C=O) groups excluding carboxylic acids is 1. The van der Waals surface area contributed by atoms with E-state index in [-0.39, 0.29) is 15.8 Å². The summed E-state index contributed by atoms with van der Waals surface area (Å²) < 4.78 is 32.2. The molecular weight excluding hydrogens is 312 g/mol. The molecule has 118 valence electrons. The van der Waals surface area contributed by atoms with Crippen LogP contribution in [0.4, 0.5) is 0 Å². The summed E-state index contributed by atoms with van der Waals surface area (Å²) in [6, 6.07) is 1.82. The average Bonchev–Trinajstić information content (AvgIpc) is 2.97. The molecule has 0 aromatic carbocycles. The zero-order chi connectivity index (χ0) is 15.5. The first-order valence-corrected chi connectivity index (χ1v) is 9.19. The number of sulfonamides is 1. The molecule has 0 bridgehead atoms. The van der Waals surface area contributed by atoms with Crippen LogP contribution in [0.5, 0.6) is 0 Å². The minimum Gasteiger partial charge on any atom is -0.465 e. The number of hydrogen-bond acceptors (Lipinski definition) is 6. The fourth-order valence-electron chi connectivity index (χ4n) is 2.53. The van der Waals surface area contributed by atoms with Crippen molar-refractivity contribution in [3.63, 3.8) is 0 Å². The summed E-state index contributed by atoms with van der Waals surface area (Å²) in [6.45, 7) is 0. The molecule has 1 heterocycles. The second kappa shape index (κ2) is 6.87. The Balaban J connectivity index is 2.09. The summed E-state index contributed by atoms with van der Waals surface area (Å²) in [6.07, 6.45) is 3.47. The number of carbonyl (C=O) groups is 1. The number of ether oxygens (including phenoxy) is 1. The van der Waals surface area contributed by atoms with Crippen molar-refractivity contribution >= 4 is 27.3 Å². The Labute approximate surface area is 128 Å². The Morgan fingerprint density at radius 3 is 2.48 bits per heavy atom. The van der Waals surface area contributed by atoms with Crippen molar-refractivity contribution in [1.82, 2.24) is 10.0 Å². The standard InChI is InChI=1S/C13H20N2O4S2/c1-14-9-3-5-10(6-4-9)15-21(17,18)11-7-8-20-12(11)13(16)19-2/h7-10,14-15H,3-6H2,1-2H3. The van der Waals surface area contributed by atoms with Crippen molar-refractivity contribution in [3.8, 4) is 0 Å². The quantitative estimate of drug-likeness (QED) is 0.795. The van der Waals surface area contributed by atoms with Crippen LogP contribution in [0.1, 0.15) is 35.4 Å². The zero-order valence-corrected chi connectivity index (χ0v) is 13.7. The van der Waals surface area contributed by atoms with Crippen molar-refractivity contribution < 1.29 is 17.9 Å². The molecule has 1 saturated carbocycles. The molecule has 0 radical (unpaired) electrons. The Kier molecular flexibility index (Phi) is 5.37. The van der Waals surface area contributed by atoms with Gasteiger partial charge in [-0.2, -0.15) is 0 Å². The normalized spacial score (nSPS) is 23.0. The molecule has 0 spiro atoms. The third kappa shape index (κ3) is 3.82. The van der Waals surface area contributed by atoms with Gasteiger partial charge in [0.15, 0.2) is 0 Å². The number of hydrogen-bond donors (Lipinski definition) is 2. The Hall–Kier alpha value is -0.960. The summed E-state index contributed by atoms with van der Waals surface area (Å²) >= 11 is 1.07. The van der Waals surface area contributed by atoms with E-state index in [1.807, 2.05) is 7.05 Å². The van der Waals surface area contributed by atoms with Crippen LogP contribution < -0.4 is 10.0 Å². The molecule has 1 aromatic rings. The van der Waals surface area contributed by atoms with Crippen LogP contribution in [-0.4, -0.2) is 40.6 Å². The van der Waals surface area contributed by atoms with Crippen LogP contribution >= 0.6 is 11.3 Å².